The number of rotatable bonds is 2. The molecule has 15 heavy (non-hydrogen) atoms. The minimum Gasteiger partial charge on any atom is -0.399 e. The lowest BCUT2D eigenvalue weighted by atomic mass is 10.2. The number of likely N-dealkylation sites (N-methyl/N-ethyl adjacent to an activating group) is 1. The van der Waals surface area contributed by atoms with Crippen LogP contribution in [0.2, 0.25) is 0 Å². The van der Waals surface area contributed by atoms with Gasteiger partial charge in [-0.3, -0.25) is 0 Å². The molecule has 1 aromatic carbocycles. The standard InChI is InChI=1S/C11H17N3.CH4/c1-13-10-6-7-14(8-10)11-4-2-9(12)3-5-11;/h2-5,10,13H,6-8,12H2,1H3;1H4. The van der Waals surface area contributed by atoms with E-state index in [4.69, 9.17) is 5.73 Å². The van der Waals surface area contributed by atoms with Gasteiger partial charge in [-0.05, 0) is 37.7 Å². The number of nitrogen functional groups attached to an aromatic ring is 1. The smallest absolute Gasteiger partial charge is 0.0368 e. The minimum atomic E-state index is 0. The van der Waals surface area contributed by atoms with Crippen LogP contribution in [-0.4, -0.2) is 26.2 Å². The summed E-state index contributed by atoms with van der Waals surface area (Å²) >= 11 is 0. The molecular formula is C12H21N3. The molecule has 3 N–H and O–H groups in total. The van der Waals surface area contributed by atoms with Gasteiger partial charge < -0.3 is 16.0 Å². The molecule has 1 aliphatic heterocycles. The van der Waals surface area contributed by atoms with Gasteiger partial charge >= 0.3 is 0 Å². The van der Waals surface area contributed by atoms with E-state index in [-0.39, 0.29) is 7.43 Å². The fourth-order valence-corrected chi connectivity index (χ4v) is 1.92. The van der Waals surface area contributed by atoms with Crippen LogP contribution in [0.1, 0.15) is 13.8 Å². The quantitative estimate of drug-likeness (QED) is 0.725. The third kappa shape index (κ3) is 2.63. The highest BCUT2D eigenvalue weighted by molar-refractivity contribution is 5.53. The molecule has 1 aromatic rings. The minimum absolute atomic E-state index is 0. The van der Waals surface area contributed by atoms with Crippen molar-refractivity contribution in [3.05, 3.63) is 24.3 Å². The summed E-state index contributed by atoms with van der Waals surface area (Å²) in [7, 11) is 2.02. The van der Waals surface area contributed by atoms with Crippen LogP contribution in [0.3, 0.4) is 0 Å². The Balaban J connectivity index is 0.00000112. The van der Waals surface area contributed by atoms with Crippen molar-refractivity contribution in [2.45, 2.75) is 19.9 Å². The Morgan fingerprint density at radius 3 is 2.53 bits per heavy atom. The number of nitrogens with two attached hydrogens (primary N) is 1. The van der Waals surface area contributed by atoms with E-state index in [0.29, 0.717) is 6.04 Å². The number of anilines is 2. The molecule has 0 radical (unpaired) electrons. The highest BCUT2D eigenvalue weighted by Crippen LogP contribution is 2.21. The van der Waals surface area contributed by atoms with Gasteiger partial charge in [0.1, 0.15) is 0 Å². The van der Waals surface area contributed by atoms with Crippen LogP contribution in [0.25, 0.3) is 0 Å². The van der Waals surface area contributed by atoms with Crippen molar-refractivity contribution in [2.24, 2.45) is 0 Å². The van der Waals surface area contributed by atoms with Crippen molar-refractivity contribution >= 4 is 11.4 Å². The van der Waals surface area contributed by atoms with Crippen LogP contribution in [-0.2, 0) is 0 Å². The molecule has 1 unspecified atom stereocenters. The average Bonchev–Trinajstić information content (AvgIpc) is 2.67. The first-order valence-corrected chi connectivity index (χ1v) is 5.07. The molecule has 0 saturated carbocycles. The van der Waals surface area contributed by atoms with Crippen molar-refractivity contribution in [3.8, 4) is 0 Å². The fourth-order valence-electron chi connectivity index (χ4n) is 1.92. The molecule has 0 aliphatic carbocycles. The Morgan fingerprint density at radius 1 is 1.33 bits per heavy atom. The van der Waals surface area contributed by atoms with E-state index in [1.54, 1.807) is 0 Å². The monoisotopic (exact) mass is 207 g/mol. The Morgan fingerprint density at radius 2 is 2.00 bits per heavy atom. The summed E-state index contributed by atoms with van der Waals surface area (Å²) in [4.78, 5) is 2.39. The summed E-state index contributed by atoms with van der Waals surface area (Å²) in [6, 6.07) is 8.73. The van der Waals surface area contributed by atoms with Gasteiger partial charge in [0.05, 0.1) is 0 Å². The number of hydrogen-bond acceptors (Lipinski definition) is 3. The zero-order chi connectivity index (χ0) is 9.97. The Kier molecular flexibility index (Phi) is 3.97. The largest absolute Gasteiger partial charge is 0.399 e. The summed E-state index contributed by atoms with van der Waals surface area (Å²) in [5, 5.41) is 3.31. The SMILES string of the molecule is C.CNC1CCN(c2ccc(N)cc2)C1. The lowest BCUT2D eigenvalue weighted by molar-refractivity contribution is 0.617. The average molecular weight is 207 g/mol. The van der Waals surface area contributed by atoms with Gasteiger partial charge in [-0.2, -0.15) is 0 Å². The molecule has 0 bridgehead atoms. The normalized spacial score (nSPS) is 20.1. The molecule has 0 spiro atoms. The molecule has 3 nitrogen and oxygen atoms in total. The van der Waals surface area contributed by atoms with Crippen molar-refractivity contribution in [1.82, 2.24) is 5.32 Å². The van der Waals surface area contributed by atoms with E-state index in [1.807, 2.05) is 19.2 Å². The van der Waals surface area contributed by atoms with E-state index < -0.39 is 0 Å². The maximum atomic E-state index is 5.65. The molecule has 3 heteroatoms. The topological polar surface area (TPSA) is 41.3 Å². The highest BCUT2D eigenvalue weighted by atomic mass is 15.2. The van der Waals surface area contributed by atoms with Crippen molar-refractivity contribution in [2.75, 3.05) is 30.8 Å². The third-order valence-electron chi connectivity index (χ3n) is 2.85. The molecule has 1 atom stereocenters. The van der Waals surface area contributed by atoms with Crippen LogP contribution < -0.4 is 16.0 Å². The first kappa shape index (κ1) is 11.9. The van der Waals surface area contributed by atoms with Gasteiger partial charge in [-0.25, -0.2) is 0 Å². The van der Waals surface area contributed by atoms with E-state index in [9.17, 15) is 0 Å². The first-order chi connectivity index (χ1) is 6.79. The molecule has 0 amide bonds. The predicted molar refractivity (Wildman–Crippen MR) is 67.3 cm³/mol. The lowest BCUT2D eigenvalue weighted by Crippen LogP contribution is -2.29. The van der Waals surface area contributed by atoms with Gasteiger partial charge in [0.25, 0.3) is 0 Å². The van der Waals surface area contributed by atoms with Crippen LogP contribution in [0.15, 0.2) is 24.3 Å². The maximum Gasteiger partial charge on any atom is 0.0368 e. The highest BCUT2D eigenvalue weighted by Gasteiger charge is 2.20. The maximum absolute atomic E-state index is 5.65. The van der Waals surface area contributed by atoms with Gasteiger partial charge in [0.15, 0.2) is 0 Å². The van der Waals surface area contributed by atoms with Crippen LogP contribution in [0.5, 0.6) is 0 Å². The molecule has 1 aliphatic rings. The summed E-state index contributed by atoms with van der Waals surface area (Å²) in [5.41, 5.74) is 7.75. The van der Waals surface area contributed by atoms with E-state index in [2.05, 4.69) is 22.3 Å². The molecule has 1 fully saturated rings. The van der Waals surface area contributed by atoms with Gasteiger partial charge in [0.2, 0.25) is 0 Å². The molecule has 2 rings (SSSR count). The van der Waals surface area contributed by atoms with Crippen LogP contribution in [0.4, 0.5) is 11.4 Å². The molecule has 1 saturated heterocycles. The molecular weight excluding hydrogens is 186 g/mol. The fraction of sp³-hybridized carbons (Fsp3) is 0.500. The number of nitrogens with one attached hydrogen (secondary N) is 1. The zero-order valence-corrected chi connectivity index (χ0v) is 8.53. The second-order valence-corrected chi connectivity index (χ2v) is 3.81. The summed E-state index contributed by atoms with van der Waals surface area (Å²) in [6.07, 6.45) is 1.22. The summed E-state index contributed by atoms with van der Waals surface area (Å²) in [6.45, 7) is 2.23. The molecule has 84 valence electrons. The van der Waals surface area contributed by atoms with Crippen LogP contribution in [0, 0.1) is 0 Å². The van der Waals surface area contributed by atoms with E-state index in [1.165, 1.54) is 12.1 Å². The summed E-state index contributed by atoms with van der Waals surface area (Å²) < 4.78 is 0. The number of hydrogen-bond donors (Lipinski definition) is 2. The van der Waals surface area contributed by atoms with Crippen molar-refractivity contribution in [3.63, 3.8) is 0 Å². The number of benzene rings is 1. The van der Waals surface area contributed by atoms with Gasteiger partial charge in [-0.1, -0.05) is 7.43 Å². The molecule has 1 heterocycles. The Bertz CT molecular complexity index is 294. The van der Waals surface area contributed by atoms with Gasteiger partial charge in [0, 0.05) is 30.5 Å². The summed E-state index contributed by atoms with van der Waals surface area (Å²) in [5.74, 6) is 0. The Hall–Kier alpha value is -1.22. The number of nitrogens with zero attached hydrogens (tertiary/aromatic N) is 1. The second kappa shape index (κ2) is 5.03. The first-order valence-electron chi connectivity index (χ1n) is 5.07. The second-order valence-electron chi connectivity index (χ2n) is 3.81. The lowest BCUT2D eigenvalue weighted by Gasteiger charge is -2.18. The zero-order valence-electron chi connectivity index (χ0n) is 8.53. The molecule has 0 aromatic heterocycles. The van der Waals surface area contributed by atoms with Crippen molar-refractivity contribution in [1.29, 1.82) is 0 Å². The Labute approximate surface area is 92.3 Å². The third-order valence-corrected chi connectivity index (χ3v) is 2.85. The van der Waals surface area contributed by atoms with Gasteiger partial charge in [-0.15, -0.1) is 0 Å². The predicted octanol–water partition coefficient (Wildman–Crippen LogP) is 1.70. The van der Waals surface area contributed by atoms with Crippen LogP contribution >= 0.6 is 0 Å². The van der Waals surface area contributed by atoms with E-state index in [0.717, 1.165) is 18.8 Å². The van der Waals surface area contributed by atoms with Crippen molar-refractivity contribution < 1.29 is 0 Å². The van der Waals surface area contributed by atoms with E-state index >= 15 is 0 Å².